The quantitative estimate of drug-likeness (QED) is 0.910. The monoisotopic (exact) mass is 271 g/mol. The molecule has 0 aliphatic heterocycles. The lowest BCUT2D eigenvalue weighted by molar-refractivity contribution is 0.156. The van der Waals surface area contributed by atoms with Crippen LogP contribution in [0.25, 0.3) is 0 Å². The molecule has 0 saturated heterocycles. The highest BCUT2D eigenvalue weighted by Crippen LogP contribution is 2.64. The summed E-state index contributed by atoms with van der Waals surface area (Å²) in [6.07, 6.45) is 6.85. The van der Waals surface area contributed by atoms with Crippen molar-refractivity contribution < 1.29 is 4.74 Å². The summed E-state index contributed by atoms with van der Waals surface area (Å²) in [7, 11) is 0. The van der Waals surface area contributed by atoms with E-state index in [0.717, 1.165) is 30.1 Å². The molecular formula is C18H25NO. The van der Waals surface area contributed by atoms with Crippen molar-refractivity contribution in [2.45, 2.75) is 44.6 Å². The Morgan fingerprint density at radius 2 is 2.15 bits per heavy atom. The molecule has 4 rings (SSSR count). The van der Waals surface area contributed by atoms with Gasteiger partial charge in [0.1, 0.15) is 5.75 Å². The smallest absolute Gasteiger partial charge is 0.119 e. The third-order valence-electron chi connectivity index (χ3n) is 6.25. The summed E-state index contributed by atoms with van der Waals surface area (Å²) in [6, 6.07) is 8.55. The van der Waals surface area contributed by atoms with Crippen LogP contribution < -0.4 is 10.5 Å². The summed E-state index contributed by atoms with van der Waals surface area (Å²) in [5.41, 5.74) is 8.14. The van der Waals surface area contributed by atoms with E-state index in [4.69, 9.17) is 10.5 Å². The highest BCUT2D eigenvalue weighted by atomic mass is 16.5. The van der Waals surface area contributed by atoms with Crippen LogP contribution in [-0.2, 0) is 5.54 Å². The molecule has 108 valence electrons. The Hall–Kier alpha value is -1.02. The fraction of sp³-hybridized carbons (Fsp3) is 0.667. The second-order valence-electron chi connectivity index (χ2n) is 7.07. The molecule has 3 aliphatic carbocycles. The van der Waals surface area contributed by atoms with Crippen molar-refractivity contribution >= 4 is 0 Å². The maximum Gasteiger partial charge on any atom is 0.119 e. The average molecular weight is 271 g/mol. The molecule has 1 aromatic rings. The molecule has 0 radical (unpaired) electrons. The molecule has 0 amide bonds. The molecule has 2 nitrogen and oxygen atoms in total. The lowest BCUT2D eigenvalue weighted by atomic mass is 9.68. The second kappa shape index (κ2) is 4.49. The van der Waals surface area contributed by atoms with Crippen molar-refractivity contribution in [2.75, 3.05) is 6.61 Å². The zero-order valence-electron chi connectivity index (χ0n) is 12.3. The first-order chi connectivity index (χ1) is 9.72. The molecule has 3 aliphatic rings. The molecule has 20 heavy (non-hydrogen) atoms. The number of hydrogen-bond acceptors (Lipinski definition) is 2. The maximum absolute atomic E-state index is 6.93. The normalized spacial score (nSPS) is 41.9. The van der Waals surface area contributed by atoms with Crippen molar-refractivity contribution in [1.29, 1.82) is 0 Å². The van der Waals surface area contributed by atoms with Gasteiger partial charge in [0.05, 0.1) is 6.61 Å². The number of hydrogen-bond donors (Lipinski definition) is 1. The van der Waals surface area contributed by atoms with Gasteiger partial charge in [-0.15, -0.1) is 0 Å². The SMILES string of the molecule is CCOc1cccc(C2(N)CC3CC2C2CCCC32)c1. The van der Waals surface area contributed by atoms with E-state index in [1.807, 2.05) is 13.0 Å². The van der Waals surface area contributed by atoms with E-state index in [1.54, 1.807) is 0 Å². The van der Waals surface area contributed by atoms with Crippen LogP contribution in [0.3, 0.4) is 0 Å². The van der Waals surface area contributed by atoms with Gasteiger partial charge in [-0.05, 0) is 74.0 Å². The fourth-order valence-electron chi connectivity index (χ4n) is 5.56. The van der Waals surface area contributed by atoms with Gasteiger partial charge in [-0.25, -0.2) is 0 Å². The van der Waals surface area contributed by atoms with Crippen LogP contribution in [-0.4, -0.2) is 6.61 Å². The van der Waals surface area contributed by atoms with E-state index in [0.29, 0.717) is 5.92 Å². The van der Waals surface area contributed by atoms with Crippen LogP contribution in [0.2, 0.25) is 0 Å². The summed E-state index contributed by atoms with van der Waals surface area (Å²) in [6.45, 7) is 2.75. The van der Waals surface area contributed by atoms with E-state index in [1.165, 1.54) is 37.7 Å². The van der Waals surface area contributed by atoms with E-state index in [-0.39, 0.29) is 5.54 Å². The third kappa shape index (κ3) is 1.67. The first-order valence-corrected chi connectivity index (χ1v) is 8.24. The molecule has 3 fully saturated rings. The second-order valence-corrected chi connectivity index (χ2v) is 7.07. The van der Waals surface area contributed by atoms with Crippen LogP contribution in [0, 0.1) is 23.7 Å². The van der Waals surface area contributed by atoms with E-state index in [2.05, 4.69) is 18.2 Å². The van der Waals surface area contributed by atoms with Crippen molar-refractivity contribution in [2.24, 2.45) is 29.4 Å². The number of rotatable bonds is 3. The molecule has 2 bridgehead atoms. The average Bonchev–Trinajstić information content (AvgIpc) is 3.10. The van der Waals surface area contributed by atoms with Crippen molar-refractivity contribution in [1.82, 2.24) is 0 Å². The molecule has 0 heterocycles. The molecule has 2 heteroatoms. The van der Waals surface area contributed by atoms with Crippen LogP contribution in [0.15, 0.2) is 24.3 Å². The highest BCUT2D eigenvalue weighted by molar-refractivity contribution is 5.36. The minimum Gasteiger partial charge on any atom is -0.494 e. The highest BCUT2D eigenvalue weighted by Gasteiger charge is 2.59. The Morgan fingerprint density at radius 1 is 1.30 bits per heavy atom. The van der Waals surface area contributed by atoms with Crippen LogP contribution >= 0.6 is 0 Å². The Labute approximate surface area is 121 Å². The maximum atomic E-state index is 6.93. The van der Waals surface area contributed by atoms with Gasteiger partial charge in [0.2, 0.25) is 0 Å². The Kier molecular flexibility index (Phi) is 2.85. The largest absolute Gasteiger partial charge is 0.494 e. The van der Waals surface area contributed by atoms with Crippen LogP contribution in [0.4, 0.5) is 0 Å². The summed E-state index contributed by atoms with van der Waals surface area (Å²) in [5, 5.41) is 0. The van der Waals surface area contributed by atoms with Gasteiger partial charge in [-0.3, -0.25) is 0 Å². The molecule has 0 aromatic heterocycles. The standard InChI is InChI=1S/C18H25NO/c1-2-20-14-6-3-5-13(10-14)18(19)11-12-9-17(18)16-8-4-7-15(12)16/h3,5-6,10,12,15-17H,2,4,7-9,11,19H2,1H3. The van der Waals surface area contributed by atoms with E-state index >= 15 is 0 Å². The Balaban J connectivity index is 1.66. The lowest BCUT2D eigenvalue weighted by Gasteiger charge is -2.40. The van der Waals surface area contributed by atoms with E-state index in [9.17, 15) is 0 Å². The van der Waals surface area contributed by atoms with Gasteiger partial charge < -0.3 is 10.5 Å². The van der Waals surface area contributed by atoms with Gasteiger partial charge in [0.15, 0.2) is 0 Å². The summed E-state index contributed by atoms with van der Waals surface area (Å²) in [5.74, 6) is 4.45. The summed E-state index contributed by atoms with van der Waals surface area (Å²) in [4.78, 5) is 0. The molecule has 3 saturated carbocycles. The van der Waals surface area contributed by atoms with Gasteiger partial charge in [-0.2, -0.15) is 0 Å². The number of benzene rings is 1. The number of fused-ring (bicyclic) bond motifs is 5. The molecular weight excluding hydrogens is 246 g/mol. The molecule has 5 atom stereocenters. The van der Waals surface area contributed by atoms with Crippen molar-refractivity contribution in [3.63, 3.8) is 0 Å². The number of nitrogens with two attached hydrogens (primary N) is 1. The molecule has 1 aromatic carbocycles. The first-order valence-electron chi connectivity index (χ1n) is 8.24. The Bertz CT molecular complexity index is 514. The first kappa shape index (κ1) is 12.7. The zero-order chi connectivity index (χ0) is 13.7. The Morgan fingerprint density at radius 3 is 3.00 bits per heavy atom. The predicted octanol–water partition coefficient (Wildman–Crippen LogP) is 3.70. The minimum absolute atomic E-state index is 0.0940. The van der Waals surface area contributed by atoms with E-state index < -0.39 is 0 Å². The lowest BCUT2D eigenvalue weighted by Crippen LogP contribution is -2.46. The fourth-order valence-corrected chi connectivity index (χ4v) is 5.56. The molecule has 5 unspecified atom stereocenters. The van der Waals surface area contributed by atoms with Crippen molar-refractivity contribution in [3.05, 3.63) is 29.8 Å². The van der Waals surface area contributed by atoms with Gasteiger partial charge in [0, 0.05) is 5.54 Å². The molecule has 2 N–H and O–H groups in total. The van der Waals surface area contributed by atoms with Gasteiger partial charge in [0.25, 0.3) is 0 Å². The zero-order valence-corrected chi connectivity index (χ0v) is 12.3. The third-order valence-corrected chi connectivity index (χ3v) is 6.25. The molecule has 0 spiro atoms. The van der Waals surface area contributed by atoms with Crippen molar-refractivity contribution in [3.8, 4) is 5.75 Å². The van der Waals surface area contributed by atoms with Gasteiger partial charge >= 0.3 is 0 Å². The van der Waals surface area contributed by atoms with Gasteiger partial charge in [-0.1, -0.05) is 18.6 Å². The number of ether oxygens (including phenoxy) is 1. The van der Waals surface area contributed by atoms with Crippen LogP contribution in [0.5, 0.6) is 5.75 Å². The minimum atomic E-state index is -0.0940. The summed E-state index contributed by atoms with van der Waals surface area (Å²) < 4.78 is 5.66. The summed E-state index contributed by atoms with van der Waals surface area (Å²) >= 11 is 0. The topological polar surface area (TPSA) is 35.2 Å². The predicted molar refractivity (Wildman–Crippen MR) is 80.5 cm³/mol. The van der Waals surface area contributed by atoms with Crippen LogP contribution in [0.1, 0.15) is 44.6 Å².